The second-order valence-electron chi connectivity index (χ2n) is 7.94. The first-order chi connectivity index (χ1) is 14.0. The number of rotatable bonds is 7. The molecule has 3 rings (SSSR count). The third-order valence-corrected chi connectivity index (χ3v) is 5.34. The Bertz CT molecular complexity index is 731. The van der Waals surface area contributed by atoms with Crippen molar-refractivity contribution in [3.8, 4) is 5.75 Å². The Morgan fingerprint density at radius 2 is 2.00 bits per heavy atom. The molecule has 2 heterocycles. The van der Waals surface area contributed by atoms with Crippen LogP contribution >= 0.6 is 0 Å². The summed E-state index contributed by atoms with van der Waals surface area (Å²) in [6.45, 7) is 5.92. The summed E-state index contributed by atoms with van der Waals surface area (Å²) in [6.07, 6.45) is 4.63. The van der Waals surface area contributed by atoms with Gasteiger partial charge in [-0.05, 0) is 67.9 Å². The monoisotopic (exact) mass is 402 g/mol. The summed E-state index contributed by atoms with van der Waals surface area (Å²) in [6, 6.07) is 8.15. The first-order valence-electron chi connectivity index (χ1n) is 10.4. The number of benzene rings is 1. The Balaban J connectivity index is 1.39. The van der Waals surface area contributed by atoms with Gasteiger partial charge in [0, 0.05) is 31.9 Å². The Labute approximate surface area is 171 Å². The minimum atomic E-state index is -1.54. The van der Waals surface area contributed by atoms with E-state index in [-0.39, 0.29) is 6.10 Å². The van der Waals surface area contributed by atoms with Crippen LogP contribution in [0.5, 0.6) is 5.75 Å². The second kappa shape index (κ2) is 10.4. The molecule has 1 N–H and O–H groups in total. The van der Waals surface area contributed by atoms with Gasteiger partial charge >= 0.3 is 11.9 Å². The fourth-order valence-electron chi connectivity index (χ4n) is 4.03. The molecule has 1 saturated heterocycles. The standard InChI is InChI=1S/C22H30N2O5/c1-16-13-19(29-22(27)21(25)26)15-24(14-16)11-4-12-28-18-8-6-17(7-9-18)20-5-2-3-10-23-20/h6-9,16,19H,2-5,10-15H2,1H3,(H,25,26)/t16-,19-/m1/s1. The van der Waals surface area contributed by atoms with E-state index in [1.54, 1.807) is 0 Å². The van der Waals surface area contributed by atoms with Crippen molar-refractivity contribution in [1.82, 2.24) is 4.90 Å². The molecule has 0 radical (unpaired) electrons. The summed E-state index contributed by atoms with van der Waals surface area (Å²) in [4.78, 5) is 28.8. The van der Waals surface area contributed by atoms with E-state index >= 15 is 0 Å². The number of likely N-dealkylation sites (tertiary alicyclic amines) is 1. The fraction of sp³-hybridized carbons (Fsp3) is 0.591. The Morgan fingerprint density at radius 1 is 1.21 bits per heavy atom. The van der Waals surface area contributed by atoms with E-state index in [1.165, 1.54) is 24.1 Å². The highest BCUT2D eigenvalue weighted by Crippen LogP contribution is 2.20. The Kier molecular flexibility index (Phi) is 7.63. The van der Waals surface area contributed by atoms with Crippen molar-refractivity contribution >= 4 is 17.7 Å². The van der Waals surface area contributed by atoms with E-state index in [1.807, 2.05) is 12.1 Å². The molecule has 0 saturated carbocycles. The number of esters is 1. The minimum Gasteiger partial charge on any atom is -0.494 e. The number of hydrogen-bond acceptors (Lipinski definition) is 6. The molecule has 0 spiro atoms. The summed E-state index contributed by atoms with van der Waals surface area (Å²) in [5.41, 5.74) is 2.38. The quantitative estimate of drug-likeness (QED) is 0.429. The van der Waals surface area contributed by atoms with Gasteiger partial charge in [-0.3, -0.25) is 9.89 Å². The molecule has 1 fully saturated rings. The van der Waals surface area contributed by atoms with Gasteiger partial charge in [0.1, 0.15) is 11.9 Å². The molecular formula is C22H30N2O5. The molecule has 7 heteroatoms. The predicted molar refractivity (Wildman–Crippen MR) is 110 cm³/mol. The lowest BCUT2D eigenvalue weighted by Gasteiger charge is -2.35. The molecule has 0 aromatic heterocycles. The van der Waals surface area contributed by atoms with Gasteiger partial charge in [-0.15, -0.1) is 0 Å². The van der Waals surface area contributed by atoms with Crippen LogP contribution in [0.2, 0.25) is 0 Å². The lowest BCUT2D eigenvalue weighted by molar-refractivity contribution is -0.169. The van der Waals surface area contributed by atoms with Gasteiger partial charge in [0.25, 0.3) is 0 Å². The molecule has 0 aliphatic carbocycles. The molecule has 2 aliphatic heterocycles. The average molecular weight is 402 g/mol. The number of carbonyl (C=O) groups is 2. The molecule has 1 aromatic carbocycles. The number of aliphatic imine (C=N–C) groups is 1. The number of aliphatic carboxylic acids is 1. The summed E-state index contributed by atoms with van der Waals surface area (Å²) in [5, 5.41) is 8.71. The van der Waals surface area contributed by atoms with E-state index in [2.05, 4.69) is 28.9 Å². The SMILES string of the molecule is C[C@@H]1C[C@@H](OC(=O)C(=O)O)CN(CCCOc2ccc(C3=NCCCC3)cc2)C1. The lowest BCUT2D eigenvalue weighted by atomic mass is 9.97. The van der Waals surface area contributed by atoms with Crippen molar-refractivity contribution in [3.05, 3.63) is 29.8 Å². The molecule has 0 bridgehead atoms. The molecule has 29 heavy (non-hydrogen) atoms. The van der Waals surface area contributed by atoms with Crippen molar-refractivity contribution in [3.63, 3.8) is 0 Å². The molecule has 1 aromatic rings. The van der Waals surface area contributed by atoms with Crippen LogP contribution in [0.4, 0.5) is 0 Å². The Hall–Kier alpha value is -2.41. The summed E-state index contributed by atoms with van der Waals surface area (Å²) < 4.78 is 10.9. The largest absolute Gasteiger partial charge is 0.494 e. The Morgan fingerprint density at radius 3 is 2.69 bits per heavy atom. The van der Waals surface area contributed by atoms with E-state index in [4.69, 9.17) is 14.6 Å². The summed E-state index contributed by atoms with van der Waals surface area (Å²) >= 11 is 0. The number of hydrogen-bond donors (Lipinski definition) is 1. The van der Waals surface area contributed by atoms with Crippen LogP contribution in [0.3, 0.4) is 0 Å². The van der Waals surface area contributed by atoms with Crippen molar-refractivity contribution in [1.29, 1.82) is 0 Å². The van der Waals surface area contributed by atoms with Crippen molar-refractivity contribution in [2.24, 2.45) is 10.9 Å². The second-order valence-corrected chi connectivity index (χ2v) is 7.94. The molecule has 7 nitrogen and oxygen atoms in total. The van der Waals surface area contributed by atoms with Gasteiger partial charge in [0.15, 0.2) is 0 Å². The number of nitrogens with zero attached hydrogens (tertiary/aromatic N) is 2. The molecule has 2 atom stereocenters. The number of carboxylic acid groups (broad SMARTS) is 1. The van der Waals surface area contributed by atoms with Crippen LogP contribution in [-0.4, -0.2) is 66.5 Å². The molecular weight excluding hydrogens is 372 g/mol. The minimum absolute atomic E-state index is 0.353. The zero-order chi connectivity index (χ0) is 20.6. The van der Waals surface area contributed by atoms with Gasteiger partial charge in [-0.2, -0.15) is 0 Å². The van der Waals surface area contributed by atoms with Crippen molar-refractivity contribution < 1.29 is 24.2 Å². The average Bonchev–Trinajstić information content (AvgIpc) is 2.72. The summed E-state index contributed by atoms with van der Waals surface area (Å²) in [7, 11) is 0. The molecule has 158 valence electrons. The number of ether oxygens (including phenoxy) is 2. The molecule has 0 amide bonds. The molecule has 0 unspecified atom stereocenters. The zero-order valence-corrected chi connectivity index (χ0v) is 17.0. The maximum Gasteiger partial charge on any atom is 0.417 e. The maximum absolute atomic E-state index is 11.3. The van der Waals surface area contributed by atoms with Gasteiger partial charge < -0.3 is 14.6 Å². The third kappa shape index (κ3) is 6.56. The zero-order valence-electron chi connectivity index (χ0n) is 17.0. The van der Waals surface area contributed by atoms with Gasteiger partial charge in [0.2, 0.25) is 0 Å². The van der Waals surface area contributed by atoms with Crippen LogP contribution < -0.4 is 4.74 Å². The predicted octanol–water partition coefficient (Wildman–Crippen LogP) is 2.77. The highest BCUT2D eigenvalue weighted by molar-refractivity contribution is 6.28. The highest BCUT2D eigenvalue weighted by Gasteiger charge is 2.28. The van der Waals surface area contributed by atoms with E-state index in [9.17, 15) is 9.59 Å². The van der Waals surface area contributed by atoms with E-state index < -0.39 is 11.9 Å². The van der Waals surface area contributed by atoms with Crippen molar-refractivity contribution in [2.45, 2.75) is 45.1 Å². The maximum atomic E-state index is 11.3. The van der Waals surface area contributed by atoms with Crippen LogP contribution in [0.15, 0.2) is 29.3 Å². The smallest absolute Gasteiger partial charge is 0.417 e. The topological polar surface area (TPSA) is 88.4 Å². The normalized spacial score (nSPS) is 22.6. The van der Waals surface area contributed by atoms with Gasteiger partial charge in [-0.25, -0.2) is 9.59 Å². The number of carboxylic acids is 1. The lowest BCUT2D eigenvalue weighted by Crippen LogP contribution is -2.45. The van der Waals surface area contributed by atoms with Crippen LogP contribution in [0.25, 0.3) is 0 Å². The fourth-order valence-corrected chi connectivity index (χ4v) is 4.03. The number of carbonyl (C=O) groups excluding carboxylic acids is 1. The highest BCUT2D eigenvalue weighted by atomic mass is 16.6. The first-order valence-corrected chi connectivity index (χ1v) is 10.4. The summed E-state index contributed by atoms with van der Waals surface area (Å²) in [5.74, 6) is -1.50. The number of piperidine rings is 1. The van der Waals surface area contributed by atoms with Gasteiger partial charge in [-0.1, -0.05) is 6.92 Å². The molecule has 2 aliphatic rings. The van der Waals surface area contributed by atoms with E-state index in [0.717, 1.165) is 38.2 Å². The van der Waals surface area contributed by atoms with Crippen LogP contribution in [0, 0.1) is 5.92 Å². The van der Waals surface area contributed by atoms with Gasteiger partial charge in [0.05, 0.1) is 6.61 Å². The third-order valence-electron chi connectivity index (χ3n) is 5.34. The van der Waals surface area contributed by atoms with Crippen LogP contribution in [-0.2, 0) is 14.3 Å². The van der Waals surface area contributed by atoms with Crippen molar-refractivity contribution in [2.75, 3.05) is 32.8 Å². The van der Waals surface area contributed by atoms with E-state index in [0.29, 0.717) is 25.5 Å². The van der Waals surface area contributed by atoms with Crippen LogP contribution in [0.1, 0.15) is 44.6 Å². The first kappa shape index (κ1) is 21.3.